The molecule has 2 rings (SSSR count). The quantitative estimate of drug-likeness (QED) is 0.745. The molecule has 2 aromatic carbocycles. The van der Waals surface area contributed by atoms with Gasteiger partial charge in [0.05, 0.1) is 12.2 Å². The second-order valence-electron chi connectivity index (χ2n) is 6.05. The Bertz CT molecular complexity index is 717. The van der Waals surface area contributed by atoms with Gasteiger partial charge in [-0.05, 0) is 56.2 Å². The number of rotatable bonds is 6. The summed E-state index contributed by atoms with van der Waals surface area (Å²) in [6.07, 6.45) is -0.778. The fraction of sp³-hybridized carbons (Fsp3) is 0.316. The maximum Gasteiger partial charge on any atom is 0.319 e. The van der Waals surface area contributed by atoms with E-state index in [1.165, 1.54) is 12.1 Å². The van der Waals surface area contributed by atoms with Crippen LogP contribution < -0.4 is 15.4 Å². The molecule has 1 atom stereocenters. The Hall–Kier alpha value is -2.60. The van der Waals surface area contributed by atoms with Crippen molar-refractivity contribution in [3.05, 3.63) is 59.4 Å². The van der Waals surface area contributed by atoms with Crippen molar-refractivity contribution >= 4 is 11.7 Å². The van der Waals surface area contributed by atoms with Crippen molar-refractivity contribution in [2.24, 2.45) is 0 Å². The first kappa shape index (κ1) is 18.7. The zero-order valence-electron chi connectivity index (χ0n) is 14.5. The van der Waals surface area contributed by atoms with Crippen LogP contribution in [0.3, 0.4) is 0 Å². The fourth-order valence-corrected chi connectivity index (χ4v) is 2.24. The van der Waals surface area contributed by atoms with E-state index in [9.17, 15) is 14.3 Å². The minimum atomic E-state index is -0.854. The lowest BCUT2D eigenvalue weighted by Crippen LogP contribution is -2.32. The van der Waals surface area contributed by atoms with E-state index in [1.807, 2.05) is 13.8 Å². The molecule has 25 heavy (non-hydrogen) atoms. The van der Waals surface area contributed by atoms with Gasteiger partial charge in [0.1, 0.15) is 11.6 Å². The number of halogens is 1. The van der Waals surface area contributed by atoms with Gasteiger partial charge in [-0.3, -0.25) is 0 Å². The molecule has 0 aliphatic heterocycles. The first-order chi connectivity index (χ1) is 11.8. The topological polar surface area (TPSA) is 70.6 Å². The van der Waals surface area contributed by atoms with E-state index in [1.54, 1.807) is 37.3 Å². The number of urea groups is 1. The van der Waals surface area contributed by atoms with Crippen LogP contribution in [0, 0.1) is 12.7 Å². The van der Waals surface area contributed by atoms with Gasteiger partial charge in [0, 0.05) is 12.2 Å². The largest absolute Gasteiger partial charge is 0.491 e. The van der Waals surface area contributed by atoms with Crippen LogP contribution in [0.4, 0.5) is 14.9 Å². The summed E-state index contributed by atoms with van der Waals surface area (Å²) in [7, 11) is 0. The number of benzene rings is 2. The van der Waals surface area contributed by atoms with Crippen LogP contribution in [-0.4, -0.2) is 23.8 Å². The van der Waals surface area contributed by atoms with Crippen LogP contribution >= 0.6 is 0 Å². The molecular formula is C19H23FN2O3. The summed E-state index contributed by atoms with van der Waals surface area (Å²) in [6, 6.07) is 10.7. The minimum absolute atomic E-state index is 0.0323. The average molecular weight is 346 g/mol. The normalized spacial score (nSPS) is 11.9. The molecular weight excluding hydrogens is 323 g/mol. The maximum atomic E-state index is 13.2. The van der Waals surface area contributed by atoms with Crippen LogP contribution in [0.2, 0.25) is 0 Å². The summed E-state index contributed by atoms with van der Waals surface area (Å²) in [6.45, 7) is 5.67. The fourth-order valence-electron chi connectivity index (χ4n) is 2.24. The summed E-state index contributed by atoms with van der Waals surface area (Å²) in [4.78, 5) is 11.9. The second kappa shape index (κ2) is 8.48. The number of aryl methyl sites for hydroxylation is 1. The molecule has 6 heteroatoms. The standard InChI is InChI=1S/C19H23FN2O3/c1-12(2)25-16-8-5-14(6-9-16)18(23)11-21-19(24)22-17-10-15(20)7-4-13(17)3/h4-10,12,18,23H,11H2,1-3H3,(H2,21,22,24). The third kappa shape index (κ3) is 5.76. The number of anilines is 1. The predicted octanol–water partition coefficient (Wildman–Crippen LogP) is 3.78. The number of aliphatic hydroxyl groups excluding tert-OH is 1. The Labute approximate surface area is 146 Å². The van der Waals surface area contributed by atoms with Gasteiger partial charge in [0.25, 0.3) is 0 Å². The van der Waals surface area contributed by atoms with E-state index >= 15 is 0 Å². The van der Waals surface area contributed by atoms with E-state index in [0.717, 1.165) is 11.3 Å². The summed E-state index contributed by atoms with van der Waals surface area (Å²) in [5.41, 5.74) is 1.80. The van der Waals surface area contributed by atoms with E-state index < -0.39 is 18.0 Å². The van der Waals surface area contributed by atoms with Gasteiger partial charge in [-0.1, -0.05) is 18.2 Å². The number of hydrogen-bond acceptors (Lipinski definition) is 3. The maximum absolute atomic E-state index is 13.2. The molecule has 0 aromatic heterocycles. The first-order valence-electron chi connectivity index (χ1n) is 8.11. The molecule has 3 N–H and O–H groups in total. The van der Waals surface area contributed by atoms with Crippen molar-refractivity contribution in [1.29, 1.82) is 0 Å². The van der Waals surface area contributed by atoms with E-state index in [-0.39, 0.29) is 12.6 Å². The van der Waals surface area contributed by atoms with Crippen molar-refractivity contribution in [3.8, 4) is 5.75 Å². The number of nitrogens with one attached hydrogen (secondary N) is 2. The van der Waals surface area contributed by atoms with Crippen LogP contribution in [0.1, 0.15) is 31.1 Å². The summed E-state index contributed by atoms with van der Waals surface area (Å²) < 4.78 is 18.8. The van der Waals surface area contributed by atoms with Crippen LogP contribution in [0.5, 0.6) is 5.75 Å². The third-order valence-electron chi connectivity index (χ3n) is 3.54. The molecule has 0 spiro atoms. The highest BCUT2D eigenvalue weighted by Gasteiger charge is 2.11. The zero-order chi connectivity index (χ0) is 18.4. The third-order valence-corrected chi connectivity index (χ3v) is 3.54. The van der Waals surface area contributed by atoms with Crippen molar-refractivity contribution in [2.45, 2.75) is 33.0 Å². The van der Waals surface area contributed by atoms with Crippen molar-refractivity contribution in [1.82, 2.24) is 5.32 Å². The summed E-state index contributed by atoms with van der Waals surface area (Å²) in [5, 5.41) is 15.3. The Kier molecular flexibility index (Phi) is 6.36. The average Bonchev–Trinajstić information content (AvgIpc) is 2.56. The van der Waals surface area contributed by atoms with Gasteiger partial charge in [0.15, 0.2) is 0 Å². The highest BCUT2D eigenvalue weighted by Crippen LogP contribution is 2.19. The number of aliphatic hydroxyl groups is 1. The highest BCUT2D eigenvalue weighted by molar-refractivity contribution is 5.90. The van der Waals surface area contributed by atoms with Gasteiger partial charge in [-0.25, -0.2) is 9.18 Å². The van der Waals surface area contributed by atoms with Gasteiger partial charge < -0.3 is 20.5 Å². The molecule has 0 aliphatic carbocycles. The summed E-state index contributed by atoms with van der Waals surface area (Å²) >= 11 is 0. The molecule has 0 bridgehead atoms. The molecule has 0 radical (unpaired) electrons. The molecule has 2 amide bonds. The van der Waals surface area contributed by atoms with E-state index in [4.69, 9.17) is 4.74 Å². The van der Waals surface area contributed by atoms with Crippen LogP contribution in [-0.2, 0) is 0 Å². The molecule has 0 aliphatic rings. The van der Waals surface area contributed by atoms with Crippen LogP contribution in [0.15, 0.2) is 42.5 Å². The molecule has 5 nitrogen and oxygen atoms in total. The van der Waals surface area contributed by atoms with Gasteiger partial charge in [-0.15, -0.1) is 0 Å². The lowest BCUT2D eigenvalue weighted by molar-refractivity contribution is 0.175. The number of ether oxygens (including phenoxy) is 1. The Morgan fingerprint density at radius 3 is 2.52 bits per heavy atom. The molecule has 0 heterocycles. The molecule has 134 valence electrons. The predicted molar refractivity (Wildman–Crippen MR) is 95.3 cm³/mol. The molecule has 0 saturated heterocycles. The second-order valence-corrected chi connectivity index (χ2v) is 6.05. The number of hydrogen-bond donors (Lipinski definition) is 3. The minimum Gasteiger partial charge on any atom is -0.491 e. The van der Waals surface area contributed by atoms with Gasteiger partial charge in [-0.2, -0.15) is 0 Å². The first-order valence-corrected chi connectivity index (χ1v) is 8.11. The smallest absolute Gasteiger partial charge is 0.319 e. The molecule has 1 unspecified atom stereocenters. The number of carbonyl (C=O) groups excluding carboxylic acids is 1. The summed E-state index contributed by atoms with van der Waals surface area (Å²) in [5.74, 6) is 0.294. The monoisotopic (exact) mass is 346 g/mol. The zero-order valence-corrected chi connectivity index (χ0v) is 14.5. The van der Waals surface area contributed by atoms with Gasteiger partial charge >= 0.3 is 6.03 Å². The number of carbonyl (C=O) groups is 1. The number of amides is 2. The molecule has 2 aromatic rings. The lowest BCUT2D eigenvalue weighted by atomic mass is 10.1. The molecule has 0 saturated carbocycles. The lowest BCUT2D eigenvalue weighted by Gasteiger charge is -2.15. The Balaban J connectivity index is 1.87. The molecule has 0 fully saturated rings. The van der Waals surface area contributed by atoms with Crippen molar-refractivity contribution < 1.29 is 19.0 Å². The highest BCUT2D eigenvalue weighted by atomic mass is 19.1. The van der Waals surface area contributed by atoms with Crippen molar-refractivity contribution in [3.63, 3.8) is 0 Å². The van der Waals surface area contributed by atoms with E-state index in [2.05, 4.69) is 10.6 Å². The van der Waals surface area contributed by atoms with Crippen LogP contribution in [0.25, 0.3) is 0 Å². The van der Waals surface area contributed by atoms with Crippen molar-refractivity contribution in [2.75, 3.05) is 11.9 Å². The Morgan fingerprint density at radius 1 is 1.20 bits per heavy atom. The SMILES string of the molecule is Cc1ccc(F)cc1NC(=O)NCC(O)c1ccc(OC(C)C)cc1. The Morgan fingerprint density at radius 2 is 1.88 bits per heavy atom. The van der Waals surface area contributed by atoms with Gasteiger partial charge in [0.2, 0.25) is 0 Å². The van der Waals surface area contributed by atoms with E-state index in [0.29, 0.717) is 11.3 Å².